The number of aliphatic hydroxyl groups excluding tert-OH is 1. The molecular weight excluding hydrogens is 176 g/mol. The van der Waals surface area contributed by atoms with Gasteiger partial charge in [0.15, 0.2) is 0 Å². The van der Waals surface area contributed by atoms with Gasteiger partial charge in [0, 0.05) is 0 Å². The highest BCUT2D eigenvalue weighted by Gasteiger charge is 2.20. The Balaban J connectivity index is 2.20. The van der Waals surface area contributed by atoms with Gasteiger partial charge in [-0.1, -0.05) is 13.3 Å². The molecule has 0 bridgehead atoms. The molecule has 0 aromatic heterocycles. The Labute approximate surface area is 86.1 Å². The summed E-state index contributed by atoms with van der Waals surface area (Å²) in [5, 5.41) is 21.4. The normalized spacial score (nSPS) is 29.5. The van der Waals surface area contributed by atoms with Gasteiger partial charge in [-0.2, -0.15) is 5.26 Å². The van der Waals surface area contributed by atoms with Crippen LogP contribution in [0.3, 0.4) is 0 Å². The quantitative estimate of drug-likeness (QED) is 0.715. The predicted molar refractivity (Wildman–Crippen MR) is 55.7 cm³/mol. The van der Waals surface area contributed by atoms with Crippen molar-refractivity contribution in [3.8, 4) is 6.07 Å². The Morgan fingerprint density at radius 3 is 2.93 bits per heavy atom. The number of nitriles is 1. The molecule has 0 amide bonds. The lowest BCUT2D eigenvalue weighted by atomic mass is 9.87. The maximum Gasteiger partial charge on any atom is 0.0950 e. The van der Waals surface area contributed by atoms with Crippen LogP contribution < -0.4 is 5.32 Å². The second-order valence-corrected chi connectivity index (χ2v) is 4.18. The first-order valence-electron chi connectivity index (χ1n) is 5.57. The van der Waals surface area contributed by atoms with Gasteiger partial charge in [0.1, 0.15) is 0 Å². The van der Waals surface area contributed by atoms with E-state index in [1.807, 2.05) is 6.92 Å². The number of hydrogen-bond acceptors (Lipinski definition) is 3. The fourth-order valence-electron chi connectivity index (χ4n) is 2.04. The molecule has 14 heavy (non-hydrogen) atoms. The van der Waals surface area contributed by atoms with Gasteiger partial charge in [-0.25, -0.2) is 0 Å². The van der Waals surface area contributed by atoms with Gasteiger partial charge in [-0.05, 0) is 38.1 Å². The monoisotopic (exact) mass is 196 g/mol. The predicted octanol–water partition coefficient (Wildman–Crippen LogP) is 1.43. The fourth-order valence-corrected chi connectivity index (χ4v) is 2.04. The summed E-state index contributed by atoms with van der Waals surface area (Å²) in [4.78, 5) is 0. The molecule has 0 spiro atoms. The third-order valence-electron chi connectivity index (χ3n) is 2.97. The SMILES string of the molecule is CCC(C#N)NCC1CCCC(O)C1. The van der Waals surface area contributed by atoms with E-state index in [2.05, 4.69) is 11.4 Å². The van der Waals surface area contributed by atoms with Crippen molar-refractivity contribution < 1.29 is 5.11 Å². The molecule has 0 radical (unpaired) electrons. The molecule has 1 aliphatic carbocycles. The molecule has 1 rings (SSSR count). The second kappa shape index (κ2) is 6.00. The van der Waals surface area contributed by atoms with E-state index in [1.54, 1.807) is 0 Å². The Kier molecular flexibility index (Phi) is 4.92. The standard InChI is InChI=1S/C11H20N2O/c1-2-10(7-12)13-8-9-4-3-5-11(14)6-9/h9-11,13-14H,2-6,8H2,1H3. The van der Waals surface area contributed by atoms with E-state index in [0.717, 1.165) is 32.2 Å². The highest BCUT2D eigenvalue weighted by molar-refractivity contribution is 4.89. The third kappa shape index (κ3) is 3.65. The first kappa shape index (κ1) is 11.5. The molecule has 80 valence electrons. The maximum absolute atomic E-state index is 9.47. The van der Waals surface area contributed by atoms with Gasteiger partial charge < -0.3 is 10.4 Å². The molecule has 3 atom stereocenters. The largest absolute Gasteiger partial charge is 0.393 e. The lowest BCUT2D eigenvalue weighted by Crippen LogP contribution is -2.34. The molecule has 0 heterocycles. The van der Waals surface area contributed by atoms with Crippen molar-refractivity contribution in [2.45, 2.75) is 51.2 Å². The number of hydrogen-bond donors (Lipinski definition) is 2. The van der Waals surface area contributed by atoms with Crippen molar-refractivity contribution in [3.63, 3.8) is 0 Å². The van der Waals surface area contributed by atoms with Crippen molar-refractivity contribution in [3.05, 3.63) is 0 Å². The van der Waals surface area contributed by atoms with Crippen molar-refractivity contribution >= 4 is 0 Å². The molecule has 0 aromatic carbocycles. The van der Waals surface area contributed by atoms with Crippen molar-refractivity contribution in [2.75, 3.05) is 6.54 Å². The number of aliphatic hydroxyl groups is 1. The summed E-state index contributed by atoms with van der Waals surface area (Å²) in [6, 6.07) is 2.21. The highest BCUT2D eigenvalue weighted by atomic mass is 16.3. The zero-order valence-electron chi connectivity index (χ0n) is 8.87. The van der Waals surface area contributed by atoms with Crippen LogP contribution in [0, 0.1) is 17.2 Å². The summed E-state index contributed by atoms with van der Waals surface area (Å²) >= 11 is 0. The fraction of sp³-hybridized carbons (Fsp3) is 0.909. The van der Waals surface area contributed by atoms with Crippen LogP contribution in [0.2, 0.25) is 0 Å². The van der Waals surface area contributed by atoms with Crippen molar-refractivity contribution in [1.29, 1.82) is 5.26 Å². The number of nitrogens with one attached hydrogen (secondary N) is 1. The first-order chi connectivity index (χ1) is 6.76. The molecule has 3 heteroatoms. The van der Waals surface area contributed by atoms with Gasteiger partial charge in [0.2, 0.25) is 0 Å². The minimum atomic E-state index is -0.113. The molecule has 0 aliphatic heterocycles. The molecule has 3 unspecified atom stereocenters. The van der Waals surface area contributed by atoms with Crippen LogP contribution in [0.1, 0.15) is 39.0 Å². The Hall–Kier alpha value is -0.590. The smallest absolute Gasteiger partial charge is 0.0950 e. The van der Waals surface area contributed by atoms with Gasteiger partial charge in [0.25, 0.3) is 0 Å². The summed E-state index contributed by atoms with van der Waals surface area (Å²) < 4.78 is 0. The molecular formula is C11H20N2O. The van der Waals surface area contributed by atoms with Crippen LogP contribution in [0.4, 0.5) is 0 Å². The van der Waals surface area contributed by atoms with Crippen LogP contribution in [-0.4, -0.2) is 23.8 Å². The van der Waals surface area contributed by atoms with E-state index in [9.17, 15) is 5.11 Å². The van der Waals surface area contributed by atoms with E-state index >= 15 is 0 Å². The van der Waals surface area contributed by atoms with Crippen LogP contribution in [0.5, 0.6) is 0 Å². The lowest BCUT2D eigenvalue weighted by molar-refractivity contribution is 0.100. The molecule has 1 aliphatic rings. The van der Waals surface area contributed by atoms with E-state index in [-0.39, 0.29) is 12.1 Å². The Morgan fingerprint density at radius 1 is 1.57 bits per heavy atom. The average molecular weight is 196 g/mol. The molecule has 1 saturated carbocycles. The van der Waals surface area contributed by atoms with Crippen LogP contribution in [0.25, 0.3) is 0 Å². The lowest BCUT2D eigenvalue weighted by Gasteiger charge is -2.26. The molecule has 0 aromatic rings. The minimum Gasteiger partial charge on any atom is -0.393 e. The summed E-state index contributed by atoms with van der Waals surface area (Å²) in [6.07, 6.45) is 4.90. The van der Waals surface area contributed by atoms with Gasteiger partial charge >= 0.3 is 0 Å². The number of rotatable bonds is 4. The summed E-state index contributed by atoms with van der Waals surface area (Å²) in [5.74, 6) is 0.557. The van der Waals surface area contributed by atoms with Crippen LogP contribution in [-0.2, 0) is 0 Å². The summed E-state index contributed by atoms with van der Waals surface area (Å²) in [5.41, 5.74) is 0. The summed E-state index contributed by atoms with van der Waals surface area (Å²) in [6.45, 7) is 2.89. The molecule has 2 N–H and O–H groups in total. The van der Waals surface area contributed by atoms with E-state index in [1.165, 1.54) is 6.42 Å². The van der Waals surface area contributed by atoms with Crippen molar-refractivity contribution in [2.24, 2.45) is 5.92 Å². The van der Waals surface area contributed by atoms with Gasteiger partial charge in [-0.15, -0.1) is 0 Å². The summed E-state index contributed by atoms with van der Waals surface area (Å²) in [7, 11) is 0. The number of nitrogens with zero attached hydrogens (tertiary/aromatic N) is 1. The van der Waals surface area contributed by atoms with Gasteiger partial charge in [0.05, 0.1) is 18.2 Å². The Morgan fingerprint density at radius 2 is 2.36 bits per heavy atom. The zero-order valence-corrected chi connectivity index (χ0v) is 8.87. The topological polar surface area (TPSA) is 56.0 Å². The molecule has 3 nitrogen and oxygen atoms in total. The third-order valence-corrected chi connectivity index (χ3v) is 2.97. The van der Waals surface area contributed by atoms with Gasteiger partial charge in [-0.3, -0.25) is 0 Å². The minimum absolute atomic E-state index is 0.0194. The van der Waals surface area contributed by atoms with E-state index in [0.29, 0.717) is 5.92 Å². The maximum atomic E-state index is 9.47. The first-order valence-corrected chi connectivity index (χ1v) is 5.57. The zero-order chi connectivity index (χ0) is 10.4. The second-order valence-electron chi connectivity index (χ2n) is 4.18. The van der Waals surface area contributed by atoms with E-state index in [4.69, 9.17) is 5.26 Å². The molecule has 0 saturated heterocycles. The highest BCUT2D eigenvalue weighted by Crippen LogP contribution is 2.23. The van der Waals surface area contributed by atoms with Crippen molar-refractivity contribution in [1.82, 2.24) is 5.32 Å². The Bertz CT molecular complexity index is 200. The average Bonchev–Trinajstić information content (AvgIpc) is 2.19. The van der Waals surface area contributed by atoms with Crippen LogP contribution in [0.15, 0.2) is 0 Å². The van der Waals surface area contributed by atoms with Crippen LogP contribution >= 0.6 is 0 Å². The van der Waals surface area contributed by atoms with E-state index < -0.39 is 0 Å². The molecule has 1 fully saturated rings.